The summed E-state index contributed by atoms with van der Waals surface area (Å²) in [4.78, 5) is 36.7. The van der Waals surface area contributed by atoms with Gasteiger partial charge in [-0.25, -0.2) is 15.1 Å². The minimum Gasteiger partial charge on any atom is -0.339 e. The maximum atomic E-state index is 13.3. The Kier molecular flexibility index (Phi) is 9.71. The van der Waals surface area contributed by atoms with Gasteiger partial charge in [0.15, 0.2) is 5.82 Å². The molecular formula is C25H27F6N7O2. The van der Waals surface area contributed by atoms with Crippen LogP contribution in [0.1, 0.15) is 25.3 Å². The number of carbonyl (C=O) groups excluding carboxylic acids is 1. The van der Waals surface area contributed by atoms with Gasteiger partial charge in [0.2, 0.25) is 11.9 Å². The van der Waals surface area contributed by atoms with Gasteiger partial charge in [0.1, 0.15) is 5.56 Å². The molecule has 2 heterocycles. The number of para-hydroxylation sites is 1. The van der Waals surface area contributed by atoms with Crippen LogP contribution in [0, 0.1) is 0 Å². The van der Waals surface area contributed by atoms with Crippen molar-refractivity contribution >= 4 is 30.1 Å². The number of halogens is 6. The molecule has 3 rings (SSSR count). The number of aromatic nitrogens is 2. The summed E-state index contributed by atoms with van der Waals surface area (Å²) >= 11 is 0. The smallest absolute Gasteiger partial charge is 0.339 e. The zero-order chi connectivity index (χ0) is 29.5. The third-order valence-corrected chi connectivity index (χ3v) is 6.09. The number of guanidine groups is 1. The Morgan fingerprint density at radius 1 is 1.10 bits per heavy atom. The lowest BCUT2D eigenvalue weighted by atomic mass is 10.2. The number of rotatable bonds is 7. The van der Waals surface area contributed by atoms with E-state index in [2.05, 4.69) is 21.8 Å². The highest BCUT2D eigenvalue weighted by Gasteiger charge is 2.35. The molecule has 216 valence electrons. The van der Waals surface area contributed by atoms with Crippen LogP contribution in [0.5, 0.6) is 0 Å². The first kappa shape index (κ1) is 30.4. The normalized spacial score (nSPS) is 15.3. The van der Waals surface area contributed by atoms with Gasteiger partial charge in [0.25, 0.3) is 5.56 Å². The average Bonchev–Trinajstić information content (AvgIpc) is 2.91. The number of H-pyrrole nitrogens is 1. The number of piperazine rings is 1. The van der Waals surface area contributed by atoms with Crippen molar-refractivity contribution in [3.8, 4) is 0 Å². The second kappa shape index (κ2) is 12.8. The molecule has 0 unspecified atom stereocenters. The lowest BCUT2D eigenvalue weighted by Crippen LogP contribution is -2.50. The van der Waals surface area contributed by atoms with Crippen molar-refractivity contribution in [1.82, 2.24) is 20.0 Å². The van der Waals surface area contributed by atoms with Crippen LogP contribution in [0.3, 0.4) is 0 Å². The highest BCUT2D eigenvalue weighted by atomic mass is 19.4. The van der Waals surface area contributed by atoms with E-state index in [1.165, 1.54) is 4.90 Å². The topological polar surface area (TPSA) is 97.3 Å². The Labute approximate surface area is 225 Å². The number of alkyl halides is 6. The second-order valence-electron chi connectivity index (χ2n) is 8.82. The number of hydrogen-bond acceptors (Lipinski definition) is 5. The molecule has 0 spiro atoms. The first-order valence-corrected chi connectivity index (χ1v) is 12.1. The number of amides is 1. The molecule has 0 atom stereocenters. The number of nitrogens with zero attached hydrogens (tertiary/aromatic N) is 6. The maximum Gasteiger partial charge on any atom is 0.421 e. The van der Waals surface area contributed by atoms with Gasteiger partial charge >= 0.3 is 12.4 Å². The van der Waals surface area contributed by atoms with Gasteiger partial charge in [0, 0.05) is 62.7 Å². The number of aliphatic imine (C=N–C) groups is 2. The molecule has 0 saturated carbocycles. The summed E-state index contributed by atoms with van der Waals surface area (Å²) in [5, 5.41) is 5.67. The highest BCUT2D eigenvalue weighted by molar-refractivity contribution is 5.85. The van der Waals surface area contributed by atoms with Gasteiger partial charge in [-0.05, 0) is 32.2 Å². The van der Waals surface area contributed by atoms with Crippen LogP contribution in [0.25, 0.3) is 0 Å². The molecule has 1 amide bonds. The number of benzene rings is 1. The van der Waals surface area contributed by atoms with Crippen molar-refractivity contribution in [3.63, 3.8) is 0 Å². The molecule has 1 fully saturated rings. The van der Waals surface area contributed by atoms with Crippen molar-refractivity contribution < 1.29 is 31.1 Å². The van der Waals surface area contributed by atoms with E-state index in [0.717, 1.165) is 6.92 Å². The quantitative estimate of drug-likeness (QED) is 0.303. The van der Waals surface area contributed by atoms with Gasteiger partial charge in [-0.15, -0.1) is 0 Å². The summed E-state index contributed by atoms with van der Waals surface area (Å²) in [6.07, 6.45) is -8.36. The monoisotopic (exact) mass is 571 g/mol. The Morgan fingerprint density at radius 3 is 2.30 bits per heavy atom. The van der Waals surface area contributed by atoms with Crippen molar-refractivity contribution in [1.29, 1.82) is 0 Å². The minimum absolute atomic E-state index is 0.0147. The van der Waals surface area contributed by atoms with E-state index in [4.69, 9.17) is 0 Å². The van der Waals surface area contributed by atoms with Gasteiger partial charge in [-0.1, -0.05) is 18.2 Å². The third-order valence-electron chi connectivity index (χ3n) is 6.09. The van der Waals surface area contributed by atoms with Gasteiger partial charge in [0.05, 0.1) is 0 Å². The summed E-state index contributed by atoms with van der Waals surface area (Å²) in [6.45, 7) is 5.48. The van der Waals surface area contributed by atoms with Gasteiger partial charge in [-0.3, -0.25) is 9.59 Å². The number of anilines is 2. The SMILES string of the molecule is C=N/C(=N\C=C(/C)C(F)(F)F)N1CCN(C(=O)CCCN(c2ccccc2)c2cc(C(F)(F)F)c(=O)[nH]n2)CC1. The summed E-state index contributed by atoms with van der Waals surface area (Å²) in [5.41, 5.74) is -3.10. The number of carbonyl (C=O) groups is 1. The number of hydrogen-bond donors (Lipinski definition) is 1. The van der Waals surface area contributed by atoms with Crippen LogP contribution in [0.15, 0.2) is 63.0 Å². The molecule has 1 aromatic heterocycles. The molecule has 40 heavy (non-hydrogen) atoms. The Hall–Kier alpha value is -4.17. The number of allylic oxidation sites excluding steroid dienone is 1. The van der Waals surface area contributed by atoms with E-state index in [1.54, 1.807) is 40.1 Å². The van der Waals surface area contributed by atoms with Crippen molar-refractivity contribution in [2.24, 2.45) is 9.98 Å². The fourth-order valence-corrected chi connectivity index (χ4v) is 3.88. The van der Waals surface area contributed by atoms with Crippen LogP contribution in [-0.4, -0.2) is 77.5 Å². The second-order valence-corrected chi connectivity index (χ2v) is 8.82. The summed E-state index contributed by atoms with van der Waals surface area (Å²) in [7, 11) is 0. The van der Waals surface area contributed by atoms with Crippen molar-refractivity contribution in [3.05, 3.63) is 64.1 Å². The van der Waals surface area contributed by atoms with E-state index in [0.29, 0.717) is 18.0 Å². The highest BCUT2D eigenvalue weighted by Crippen LogP contribution is 2.30. The van der Waals surface area contributed by atoms with Gasteiger partial charge < -0.3 is 14.7 Å². The lowest BCUT2D eigenvalue weighted by Gasteiger charge is -2.35. The fraction of sp³-hybridized carbons (Fsp3) is 0.400. The van der Waals surface area contributed by atoms with E-state index < -0.39 is 29.0 Å². The molecule has 1 aliphatic heterocycles. The van der Waals surface area contributed by atoms with E-state index in [9.17, 15) is 35.9 Å². The van der Waals surface area contributed by atoms with Gasteiger partial charge in [-0.2, -0.15) is 31.4 Å². The molecule has 1 N–H and O–H groups in total. The third kappa shape index (κ3) is 7.93. The predicted octanol–water partition coefficient (Wildman–Crippen LogP) is 4.37. The molecule has 0 bridgehead atoms. The molecular weight excluding hydrogens is 544 g/mol. The molecule has 1 saturated heterocycles. The Bertz CT molecular complexity index is 1300. The predicted molar refractivity (Wildman–Crippen MR) is 137 cm³/mol. The fourth-order valence-electron chi connectivity index (χ4n) is 3.88. The van der Waals surface area contributed by atoms with Crippen LogP contribution in [0.2, 0.25) is 0 Å². The van der Waals surface area contributed by atoms with Crippen molar-refractivity contribution in [2.45, 2.75) is 32.1 Å². The number of aromatic amines is 1. The van der Waals surface area contributed by atoms with E-state index in [-0.39, 0.29) is 63.3 Å². The minimum atomic E-state index is -4.87. The largest absolute Gasteiger partial charge is 0.421 e. The Morgan fingerprint density at radius 2 is 1.73 bits per heavy atom. The molecule has 0 aliphatic carbocycles. The molecule has 1 aromatic carbocycles. The molecule has 9 nitrogen and oxygen atoms in total. The maximum absolute atomic E-state index is 13.3. The standard InChI is InChI=1S/C25H27F6N7O2/c1-17(24(26,27)28)16-33-23(32-2)37-13-11-36(12-14-37)21(39)9-6-10-38(18-7-4-3-5-8-18)20-15-19(25(29,30)31)22(40)35-34-20/h3-5,7-8,15-16H,2,6,9-14H2,1H3,(H,35,40)/b17-16+,33-23+. The lowest BCUT2D eigenvalue weighted by molar-refractivity contribution is -0.138. The zero-order valence-electron chi connectivity index (χ0n) is 21.5. The molecule has 1 aliphatic rings. The average molecular weight is 572 g/mol. The van der Waals surface area contributed by atoms with Crippen LogP contribution in [-0.2, 0) is 11.0 Å². The summed E-state index contributed by atoms with van der Waals surface area (Å²) < 4.78 is 78.0. The molecule has 2 aromatic rings. The van der Waals surface area contributed by atoms with E-state index in [1.807, 2.05) is 5.10 Å². The first-order chi connectivity index (χ1) is 18.8. The van der Waals surface area contributed by atoms with Crippen LogP contribution < -0.4 is 10.5 Å². The van der Waals surface area contributed by atoms with Crippen molar-refractivity contribution in [2.75, 3.05) is 37.6 Å². The first-order valence-electron chi connectivity index (χ1n) is 12.1. The number of nitrogens with one attached hydrogen (secondary N) is 1. The van der Waals surface area contributed by atoms with E-state index >= 15 is 0 Å². The molecule has 0 radical (unpaired) electrons. The van der Waals surface area contributed by atoms with Crippen LogP contribution >= 0.6 is 0 Å². The summed E-state index contributed by atoms with van der Waals surface area (Å²) in [5.74, 6) is -0.311. The Balaban J connectivity index is 1.63. The molecule has 15 heteroatoms. The summed E-state index contributed by atoms with van der Waals surface area (Å²) in [6, 6.07) is 9.13. The zero-order valence-corrected chi connectivity index (χ0v) is 21.5. The van der Waals surface area contributed by atoms with Crippen LogP contribution in [0.4, 0.5) is 37.8 Å².